The third-order valence-electron chi connectivity index (χ3n) is 9.96. The number of para-hydroxylation sites is 1. The molecule has 0 amide bonds. The van der Waals surface area contributed by atoms with Gasteiger partial charge < -0.3 is 4.57 Å². The predicted octanol–water partition coefficient (Wildman–Crippen LogP) is 13.5. The molecule has 3 nitrogen and oxygen atoms in total. The molecule has 0 aliphatic heterocycles. The van der Waals surface area contributed by atoms with E-state index in [0.29, 0.717) is 0 Å². The molecule has 4 aromatic heterocycles. The van der Waals surface area contributed by atoms with E-state index in [1.54, 1.807) is 11.3 Å². The van der Waals surface area contributed by atoms with E-state index in [1.165, 1.54) is 57.5 Å². The third-order valence-corrected chi connectivity index (χ3v) is 12.5. The minimum atomic E-state index is 0.265. The van der Waals surface area contributed by atoms with Crippen LogP contribution in [0.2, 0.25) is 5.28 Å². The van der Waals surface area contributed by atoms with E-state index >= 15 is 0 Å². The lowest BCUT2D eigenvalue weighted by molar-refractivity contribution is 1.19. The van der Waals surface area contributed by atoms with E-state index in [-0.39, 0.29) is 5.28 Å². The molecule has 234 valence electrons. The van der Waals surface area contributed by atoms with Gasteiger partial charge in [-0.15, -0.1) is 22.7 Å². The molecule has 6 heteroatoms. The second kappa shape index (κ2) is 10.7. The molecule has 0 radical (unpaired) electrons. The average Bonchev–Trinajstić information content (AvgIpc) is 3.85. The summed E-state index contributed by atoms with van der Waals surface area (Å²) < 4.78 is 7.37. The Morgan fingerprint density at radius 1 is 0.460 bits per heavy atom. The summed E-state index contributed by atoms with van der Waals surface area (Å²) in [6.45, 7) is 0. The van der Waals surface area contributed by atoms with Gasteiger partial charge in [0.2, 0.25) is 5.28 Å². The van der Waals surface area contributed by atoms with Crippen molar-refractivity contribution in [2.24, 2.45) is 0 Å². The summed E-state index contributed by atoms with van der Waals surface area (Å²) >= 11 is 10.1. The van der Waals surface area contributed by atoms with Gasteiger partial charge in [0.25, 0.3) is 0 Å². The highest BCUT2D eigenvalue weighted by atomic mass is 35.5. The quantitative estimate of drug-likeness (QED) is 0.172. The first-order valence-electron chi connectivity index (χ1n) is 16.5. The van der Waals surface area contributed by atoms with Crippen molar-refractivity contribution >= 4 is 107 Å². The van der Waals surface area contributed by atoms with Crippen LogP contribution >= 0.6 is 34.3 Å². The molecule has 0 atom stereocenters. The third kappa shape index (κ3) is 4.03. The standard InChI is InChI=1S/C44H24ClN3S2/c45-44-46-39(43-40(47-44)33-13-5-8-16-36(33)50-43)27-19-17-25(18-20-27)26-21-23-28(24-22-26)48-34-14-6-3-11-31(34)38-41(48)30-10-2-1-9-29(30)37-32-12-4-7-15-35(32)49-42(37)38/h1-24H. The van der Waals surface area contributed by atoms with E-state index in [9.17, 15) is 0 Å². The van der Waals surface area contributed by atoms with Crippen molar-refractivity contribution in [1.29, 1.82) is 0 Å². The number of halogens is 1. The Kier molecular flexibility index (Phi) is 6.05. The highest BCUT2D eigenvalue weighted by Gasteiger charge is 2.21. The molecule has 4 heterocycles. The number of hydrogen-bond acceptors (Lipinski definition) is 4. The monoisotopic (exact) mass is 693 g/mol. The van der Waals surface area contributed by atoms with Gasteiger partial charge in [0, 0.05) is 57.7 Å². The van der Waals surface area contributed by atoms with Crippen LogP contribution in [0.25, 0.3) is 101 Å². The number of aromatic nitrogens is 3. The van der Waals surface area contributed by atoms with E-state index in [1.807, 2.05) is 17.4 Å². The fourth-order valence-corrected chi connectivity index (χ4v) is 10.4. The molecule has 0 aliphatic carbocycles. The van der Waals surface area contributed by atoms with E-state index in [0.717, 1.165) is 43.7 Å². The van der Waals surface area contributed by atoms with Crippen LogP contribution in [0.3, 0.4) is 0 Å². The summed E-state index contributed by atoms with van der Waals surface area (Å²) in [5.74, 6) is 0. The zero-order chi connectivity index (χ0) is 32.9. The fraction of sp³-hybridized carbons (Fsp3) is 0. The molecule has 11 rings (SSSR count). The molecule has 0 saturated carbocycles. The second-order valence-corrected chi connectivity index (χ2v) is 15.1. The minimum Gasteiger partial charge on any atom is -0.309 e. The molecule has 0 N–H and O–H groups in total. The molecule has 0 unspecified atom stereocenters. The highest BCUT2D eigenvalue weighted by Crippen LogP contribution is 2.48. The number of rotatable bonds is 3. The summed E-state index contributed by atoms with van der Waals surface area (Å²) in [6.07, 6.45) is 0. The second-order valence-electron chi connectivity index (χ2n) is 12.7. The average molecular weight is 694 g/mol. The van der Waals surface area contributed by atoms with Crippen LogP contribution in [0, 0.1) is 0 Å². The first kappa shape index (κ1) is 28.3. The van der Waals surface area contributed by atoms with Crippen LogP contribution in [0.15, 0.2) is 146 Å². The molecule has 0 bridgehead atoms. The lowest BCUT2D eigenvalue weighted by atomic mass is 9.99. The number of fused-ring (bicyclic) bond motifs is 13. The highest BCUT2D eigenvalue weighted by molar-refractivity contribution is 7.27. The van der Waals surface area contributed by atoms with Crippen molar-refractivity contribution in [2.45, 2.75) is 0 Å². The first-order chi connectivity index (χ1) is 24.7. The summed E-state index contributed by atoms with van der Waals surface area (Å²) in [6, 6.07) is 52.5. The molecule has 0 fully saturated rings. The number of nitrogens with zero attached hydrogens (tertiary/aromatic N) is 3. The van der Waals surface area contributed by atoms with Gasteiger partial charge in [-0.25, -0.2) is 9.97 Å². The number of thiophene rings is 2. The Balaban J connectivity index is 1.06. The summed E-state index contributed by atoms with van der Waals surface area (Å²) in [5.41, 5.74) is 8.72. The van der Waals surface area contributed by atoms with Crippen molar-refractivity contribution < 1.29 is 0 Å². The van der Waals surface area contributed by atoms with Crippen LogP contribution in [0.4, 0.5) is 0 Å². The van der Waals surface area contributed by atoms with Crippen molar-refractivity contribution in [3.63, 3.8) is 0 Å². The molecule has 0 spiro atoms. The van der Waals surface area contributed by atoms with Gasteiger partial charge in [0.1, 0.15) is 0 Å². The zero-order valence-electron chi connectivity index (χ0n) is 26.4. The van der Waals surface area contributed by atoms with Crippen LogP contribution in [0.1, 0.15) is 0 Å². The fourth-order valence-electron chi connectivity index (χ4n) is 7.77. The summed E-state index contributed by atoms with van der Waals surface area (Å²) in [7, 11) is 0. The Morgan fingerprint density at radius 3 is 1.78 bits per heavy atom. The van der Waals surface area contributed by atoms with Gasteiger partial charge in [-0.05, 0) is 58.4 Å². The maximum absolute atomic E-state index is 6.45. The Bertz CT molecular complexity index is 3150. The van der Waals surface area contributed by atoms with Gasteiger partial charge in [0.05, 0.1) is 26.9 Å². The van der Waals surface area contributed by atoms with Crippen molar-refractivity contribution in [3.05, 3.63) is 151 Å². The molecule has 11 aromatic rings. The van der Waals surface area contributed by atoms with Crippen molar-refractivity contribution in [3.8, 4) is 28.1 Å². The Morgan fingerprint density at radius 2 is 1.02 bits per heavy atom. The van der Waals surface area contributed by atoms with Gasteiger partial charge in [-0.2, -0.15) is 0 Å². The largest absolute Gasteiger partial charge is 0.309 e. The zero-order valence-corrected chi connectivity index (χ0v) is 28.8. The van der Waals surface area contributed by atoms with Gasteiger partial charge in [-0.3, -0.25) is 0 Å². The van der Waals surface area contributed by atoms with E-state index in [4.69, 9.17) is 11.6 Å². The van der Waals surface area contributed by atoms with E-state index in [2.05, 4.69) is 154 Å². The van der Waals surface area contributed by atoms with Crippen LogP contribution in [-0.4, -0.2) is 14.5 Å². The lowest BCUT2D eigenvalue weighted by Gasteiger charge is -2.12. The van der Waals surface area contributed by atoms with Crippen LogP contribution in [0.5, 0.6) is 0 Å². The number of hydrogen-bond donors (Lipinski definition) is 0. The van der Waals surface area contributed by atoms with Gasteiger partial charge in [-0.1, -0.05) is 115 Å². The molecule has 0 saturated heterocycles. The van der Waals surface area contributed by atoms with Crippen molar-refractivity contribution in [2.75, 3.05) is 0 Å². The summed E-state index contributed by atoms with van der Waals surface area (Å²) in [5, 5.41) is 9.23. The molecule has 7 aromatic carbocycles. The number of benzene rings is 7. The summed E-state index contributed by atoms with van der Waals surface area (Å²) in [4.78, 5) is 9.26. The topological polar surface area (TPSA) is 30.7 Å². The normalized spacial score (nSPS) is 12.1. The smallest absolute Gasteiger partial charge is 0.223 e. The molecular formula is C44H24ClN3S2. The van der Waals surface area contributed by atoms with E-state index < -0.39 is 0 Å². The first-order valence-corrected chi connectivity index (χ1v) is 18.5. The van der Waals surface area contributed by atoms with Gasteiger partial charge in [0.15, 0.2) is 0 Å². The maximum atomic E-state index is 6.45. The lowest BCUT2D eigenvalue weighted by Crippen LogP contribution is -1.94. The SMILES string of the molecule is Clc1nc(-c2ccc(-c3ccc(-n4c5ccccc5c5c6sc7ccccc7c6c6ccccc6c54)cc3)cc2)c2sc3ccccc3c2n1. The van der Waals surface area contributed by atoms with Gasteiger partial charge >= 0.3 is 0 Å². The maximum Gasteiger partial charge on any atom is 0.223 e. The van der Waals surface area contributed by atoms with Crippen LogP contribution < -0.4 is 0 Å². The predicted molar refractivity (Wildman–Crippen MR) is 216 cm³/mol. The Labute approximate surface area is 299 Å². The van der Waals surface area contributed by atoms with Crippen LogP contribution in [-0.2, 0) is 0 Å². The minimum absolute atomic E-state index is 0.265. The molecular weight excluding hydrogens is 670 g/mol. The molecule has 0 aliphatic rings. The Hall–Kier alpha value is -5.59. The van der Waals surface area contributed by atoms with Crippen molar-refractivity contribution in [1.82, 2.24) is 14.5 Å². The molecule has 50 heavy (non-hydrogen) atoms.